The monoisotopic (exact) mass is 375 g/mol. The summed E-state index contributed by atoms with van der Waals surface area (Å²) in [5, 5.41) is 23.0. The Kier molecular flexibility index (Phi) is 7.82. The zero-order chi connectivity index (χ0) is 19.6. The van der Waals surface area contributed by atoms with Gasteiger partial charge < -0.3 is 15.2 Å². The number of carboxylic acids is 1. The number of pyridine rings is 1. The van der Waals surface area contributed by atoms with Crippen LogP contribution in [0.2, 0.25) is 0 Å². The molecule has 1 aliphatic rings. The molecule has 0 aromatic carbocycles. The number of urea groups is 1. The smallest absolute Gasteiger partial charge is 0.320 e. The van der Waals surface area contributed by atoms with Crippen molar-refractivity contribution < 1.29 is 19.4 Å². The van der Waals surface area contributed by atoms with E-state index in [0.717, 1.165) is 0 Å². The highest BCUT2D eigenvalue weighted by Gasteiger charge is 2.34. The fourth-order valence-corrected chi connectivity index (χ4v) is 2.94. The molecule has 0 spiro atoms. The SMILES string of the molecule is CCN(CC(=O)O)C1CC(NC(=O)Nc2ncccc2OCCCC#N)C1. The number of amides is 2. The molecule has 9 nitrogen and oxygen atoms in total. The average Bonchev–Trinajstić information content (AvgIpc) is 2.61. The number of ether oxygens (including phenoxy) is 1. The number of aromatic nitrogens is 1. The molecule has 0 bridgehead atoms. The summed E-state index contributed by atoms with van der Waals surface area (Å²) < 4.78 is 5.57. The third-order valence-electron chi connectivity index (χ3n) is 4.40. The summed E-state index contributed by atoms with van der Waals surface area (Å²) in [5.41, 5.74) is 0. The highest BCUT2D eigenvalue weighted by molar-refractivity contribution is 5.89. The van der Waals surface area contributed by atoms with Gasteiger partial charge in [0.15, 0.2) is 11.6 Å². The minimum atomic E-state index is -0.844. The lowest BCUT2D eigenvalue weighted by Crippen LogP contribution is -2.55. The Morgan fingerprint density at radius 2 is 2.26 bits per heavy atom. The first-order valence-corrected chi connectivity index (χ1v) is 9.01. The Bertz CT molecular complexity index is 685. The lowest BCUT2D eigenvalue weighted by molar-refractivity contribution is -0.139. The molecule has 1 saturated carbocycles. The van der Waals surface area contributed by atoms with Crippen molar-refractivity contribution in [3.05, 3.63) is 18.3 Å². The van der Waals surface area contributed by atoms with Gasteiger partial charge in [0.25, 0.3) is 0 Å². The maximum atomic E-state index is 12.2. The molecule has 0 atom stereocenters. The molecule has 1 aromatic rings. The number of carboxylic acid groups (broad SMARTS) is 1. The molecule has 1 aliphatic carbocycles. The summed E-state index contributed by atoms with van der Waals surface area (Å²) in [5.74, 6) is -0.0666. The molecule has 0 saturated heterocycles. The first-order valence-electron chi connectivity index (χ1n) is 9.01. The van der Waals surface area contributed by atoms with Gasteiger partial charge in [-0.1, -0.05) is 6.92 Å². The molecule has 2 rings (SSSR count). The van der Waals surface area contributed by atoms with E-state index in [1.807, 2.05) is 17.9 Å². The second kappa shape index (κ2) is 10.3. The van der Waals surface area contributed by atoms with Crippen molar-refractivity contribution in [2.45, 2.75) is 44.7 Å². The maximum Gasteiger partial charge on any atom is 0.320 e. The molecule has 9 heteroatoms. The van der Waals surface area contributed by atoms with Crippen molar-refractivity contribution in [1.29, 1.82) is 5.26 Å². The van der Waals surface area contributed by atoms with Crippen LogP contribution in [0.4, 0.5) is 10.6 Å². The number of nitrogens with zero attached hydrogens (tertiary/aromatic N) is 3. The number of aliphatic carboxylic acids is 1. The van der Waals surface area contributed by atoms with Crippen LogP contribution >= 0.6 is 0 Å². The molecule has 1 aromatic heterocycles. The van der Waals surface area contributed by atoms with Crippen LogP contribution in [0.15, 0.2) is 18.3 Å². The number of carbonyl (C=O) groups excluding carboxylic acids is 1. The minimum absolute atomic E-state index is 0.00144. The van der Waals surface area contributed by atoms with Gasteiger partial charge in [0.2, 0.25) is 0 Å². The van der Waals surface area contributed by atoms with Crippen molar-refractivity contribution in [3.63, 3.8) is 0 Å². The number of hydrogen-bond acceptors (Lipinski definition) is 6. The number of unbranched alkanes of at least 4 members (excludes halogenated alkanes) is 1. The molecular weight excluding hydrogens is 350 g/mol. The van der Waals surface area contributed by atoms with Gasteiger partial charge in [0, 0.05) is 24.7 Å². The predicted octanol–water partition coefficient (Wildman–Crippen LogP) is 1.82. The fourth-order valence-electron chi connectivity index (χ4n) is 2.94. The zero-order valence-corrected chi connectivity index (χ0v) is 15.4. The van der Waals surface area contributed by atoms with Gasteiger partial charge in [-0.05, 0) is 37.9 Å². The molecule has 27 heavy (non-hydrogen) atoms. The lowest BCUT2D eigenvalue weighted by Gasteiger charge is -2.42. The second-order valence-electron chi connectivity index (χ2n) is 6.34. The fraction of sp³-hybridized carbons (Fsp3) is 0.556. The molecule has 2 amide bonds. The number of likely N-dealkylation sites (N-methyl/N-ethyl adjacent to an activating group) is 1. The molecule has 146 valence electrons. The van der Waals surface area contributed by atoms with Crippen LogP contribution in [0.1, 0.15) is 32.6 Å². The van der Waals surface area contributed by atoms with Crippen LogP contribution in [0.3, 0.4) is 0 Å². The maximum absolute atomic E-state index is 12.2. The standard InChI is InChI=1S/C18H25N5O4/c1-2-23(12-16(24)25)14-10-13(11-14)21-18(26)22-17-15(6-5-8-20-17)27-9-4-3-7-19/h5-6,8,13-14H,2-4,9-12H2,1H3,(H,24,25)(H2,20,21,22,26). The lowest BCUT2D eigenvalue weighted by atomic mass is 9.85. The molecular formula is C18H25N5O4. The van der Waals surface area contributed by atoms with Crippen molar-refractivity contribution in [1.82, 2.24) is 15.2 Å². The molecule has 1 heterocycles. The van der Waals surface area contributed by atoms with Gasteiger partial charge in [-0.25, -0.2) is 9.78 Å². The van der Waals surface area contributed by atoms with Crippen LogP contribution in [-0.2, 0) is 4.79 Å². The first kappa shape index (κ1) is 20.5. The van der Waals surface area contributed by atoms with Crippen LogP contribution < -0.4 is 15.4 Å². The largest absolute Gasteiger partial charge is 0.490 e. The first-order chi connectivity index (χ1) is 13.0. The van der Waals surface area contributed by atoms with E-state index in [1.165, 1.54) is 0 Å². The van der Waals surface area contributed by atoms with E-state index >= 15 is 0 Å². The van der Waals surface area contributed by atoms with Crippen molar-refractivity contribution in [3.8, 4) is 11.8 Å². The Morgan fingerprint density at radius 1 is 1.48 bits per heavy atom. The van der Waals surface area contributed by atoms with E-state index in [2.05, 4.69) is 15.6 Å². The quantitative estimate of drug-likeness (QED) is 0.532. The van der Waals surface area contributed by atoms with E-state index in [1.54, 1.807) is 18.3 Å². The van der Waals surface area contributed by atoms with Crippen molar-refractivity contribution in [2.75, 3.05) is 25.0 Å². The number of carbonyl (C=O) groups is 2. The van der Waals surface area contributed by atoms with Crippen molar-refractivity contribution in [2.24, 2.45) is 0 Å². The Labute approximate surface area is 158 Å². The van der Waals surface area contributed by atoms with Gasteiger partial charge in [-0.15, -0.1) is 0 Å². The molecule has 0 radical (unpaired) electrons. The summed E-state index contributed by atoms with van der Waals surface area (Å²) in [6.45, 7) is 2.97. The molecule has 0 aliphatic heterocycles. The average molecular weight is 375 g/mol. The number of nitrogens with one attached hydrogen (secondary N) is 2. The van der Waals surface area contributed by atoms with Crippen LogP contribution in [0, 0.1) is 11.3 Å². The van der Waals surface area contributed by atoms with E-state index in [9.17, 15) is 9.59 Å². The van der Waals surface area contributed by atoms with E-state index in [0.29, 0.717) is 50.4 Å². The number of anilines is 1. The summed E-state index contributed by atoms with van der Waals surface area (Å²) >= 11 is 0. The van der Waals surface area contributed by atoms with Gasteiger partial charge in [0.1, 0.15) is 0 Å². The third kappa shape index (κ3) is 6.42. The Balaban J connectivity index is 1.78. The van der Waals surface area contributed by atoms with Crippen molar-refractivity contribution >= 4 is 17.8 Å². The van der Waals surface area contributed by atoms with E-state index < -0.39 is 5.97 Å². The van der Waals surface area contributed by atoms with Gasteiger partial charge in [-0.3, -0.25) is 15.0 Å². The number of rotatable bonds is 10. The predicted molar refractivity (Wildman–Crippen MR) is 98.4 cm³/mol. The zero-order valence-electron chi connectivity index (χ0n) is 15.4. The normalized spacial score (nSPS) is 18.3. The molecule has 1 fully saturated rings. The number of hydrogen-bond donors (Lipinski definition) is 3. The van der Waals surface area contributed by atoms with Crippen LogP contribution in [0.5, 0.6) is 5.75 Å². The molecule has 0 unspecified atom stereocenters. The highest BCUT2D eigenvalue weighted by Crippen LogP contribution is 2.26. The van der Waals surface area contributed by atoms with Gasteiger partial charge in [0.05, 0.1) is 19.2 Å². The van der Waals surface area contributed by atoms with Crippen LogP contribution in [-0.4, -0.2) is 58.8 Å². The third-order valence-corrected chi connectivity index (χ3v) is 4.40. The summed E-state index contributed by atoms with van der Waals surface area (Å²) in [6, 6.07) is 5.27. The minimum Gasteiger partial charge on any atom is -0.490 e. The second-order valence-corrected chi connectivity index (χ2v) is 6.34. The van der Waals surface area contributed by atoms with E-state index in [4.69, 9.17) is 15.1 Å². The summed E-state index contributed by atoms with van der Waals surface area (Å²) in [6.07, 6.45) is 4.00. The van der Waals surface area contributed by atoms with Gasteiger partial charge in [-0.2, -0.15) is 5.26 Å². The summed E-state index contributed by atoms with van der Waals surface area (Å²) in [7, 11) is 0. The Hall–Kier alpha value is -2.86. The topological polar surface area (TPSA) is 128 Å². The van der Waals surface area contributed by atoms with Gasteiger partial charge >= 0.3 is 12.0 Å². The molecule has 3 N–H and O–H groups in total. The van der Waals surface area contributed by atoms with Crippen LogP contribution in [0.25, 0.3) is 0 Å². The highest BCUT2D eigenvalue weighted by atomic mass is 16.5. The Morgan fingerprint density at radius 3 is 2.93 bits per heavy atom. The van der Waals surface area contributed by atoms with E-state index in [-0.39, 0.29) is 24.7 Å². The summed E-state index contributed by atoms with van der Waals surface area (Å²) in [4.78, 5) is 29.1. The number of nitriles is 1.